The molecule has 1 aliphatic rings. The second kappa shape index (κ2) is 12.0. The number of ether oxygens (including phenoxy) is 1. The van der Waals surface area contributed by atoms with Gasteiger partial charge in [-0.1, -0.05) is 30.3 Å². The van der Waals surface area contributed by atoms with E-state index in [1.807, 2.05) is 31.2 Å². The number of hydrogen-bond donors (Lipinski definition) is 2. The molecular weight excluding hydrogens is 548 g/mol. The molecule has 0 amide bonds. The lowest BCUT2D eigenvalue weighted by Gasteiger charge is -2.23. The predicted molar refractivity (Wildman–Crippen MR) is 156 cm³/mol. The molecule has 11 heteroatoms. The zero-order chi connectivity index (χ0) is 29.0. The normalized spacial score (nSPS) is 16.0. The summed E-state index contributed by atoms with van der Waals surface area (Å²) in [4.78, 5) is 13.6. The van der Waals surface area contributed by atoms with Crippen LogP contribution in [0, 0.1) is 6.92 Å². The lowest BCUT2D eigenvalue weighted by molar-refractivity contribution is 0.0189. The topological polar surface area (TPSA) is 106 Å². The molecule has 1 aliphatic heterocycles. The number of sulfone groups is 1. The van der Waals surface area contributed by atoms with Crippen LogP contribution in [-0.2, 0) is 15.6 Å². The van der Waals surface area contributed by atoms with Crippen LogP contribution in [0.25, 0.3) is 22.0 Å². The molecule has 8 nitrogen and oxygen atoms in total. The van der Waals surface area contributed by atoms with Crippen LogP contribution in [0.5, 0.6) is 11.6 Å². The summed E-state index contributed by atoms with van der Waals surface area (Å²) in [6, 6.07) is 14.8. The Hall–Kier alpha value is -3.70. The number of alkyl halides is 2. The van der Waals surface area contributed by atoms with Gasteiger partial charge in [0, 0.05) is 36.8 Å². The molecule has 3 heterocycles. The molecule has 4 aromatic rings. The highest BCUT2D eigenvalue weighted by atomic mass is 32.2. The number of piperidine rings is 1. The Balaban J connectivity index is 1.45. The van der Waals surface area contributed by atoms with Gasteiger partial charge in [-0.15, -0.1) is 0 Å². The molecule has 1 saturated heterocycles. The standard InChI is InChI=1S/C30H33F2N5O3S/c1-20-17-21(19-41(38,39)16-12-30(2,31)32)23-8-3-4-9-24(23)27(20)40-28-25(10-6-14-34-28)26-11-15-35-29(37-26)36-22-7-5-13-33-18-22/h3-4,6,8-11,14-15,17,22,33H,5,7,12-13,16,18-19H2,1-2H3,(H,35,36,37)/t22-/m0/s1. The maximum Gasteiger partial charge on any atom is 0.246 e. The van der Waals surface area contributed by atoms with E-state index in [1.54, 1.807) is 36.7 Å². The average molecular weight is 582 g/mol. The number of nitrogens with zero attached hydrogens (tertiary/aromatic N) is 3. The van der Waals surface area contributed by atoms with Crippen molar-refractivity contribution < 1.29 is 21.9 Å². The molecule has 1 atom stereocenters. The van der Waals surface area contributed by atoms with Crippen LogP contribution >= 0.6 is 0 Å². The molecule has 2 aromatic carbocycles. The van der Waals surface area contributed by atoms with Gasteiger partial charge in [0.2, 0.25) is 17.8 Å². The second-order valence-corrected chi connectivity index (χ2v) is 12.7. The molecule has 0 radical (unpaired) electrons. The van der Waals surface area contributed by atoms with Crippen LogP contribution in [0.2, 0.25) is 0 Å². The first-order valence-electron chi connectivity index (χ1n) is 13.6. The Labute approximate surface area is 238 Å². The highest BCUT2D eigenvalue weighted by molar-refractivity contribution is 7.90. The van der Waals surface area contributed by atoms with Gasteiger partial charge < -0.3 is 15.4 Å². The van der Waals surface area contributed by atoms with Gasteiger partial charge in [0.05, 0.1) is 22.8 Å². The Morgan fingerprint density at radius 3 is 2.66 bits per heavy atom. The number of anilines is 1. The predicted octanol–water partition coefficient (Wildman–Crippen LogP) is 5.92. The van der Waals surface area contributed by atoms with Gasteiger partial charge in [-0.2, -0.15) is 0 Å². The van der Waals surface area contributed by atoms with Crippen molar-refractivity contribution in [3.05, 3.63) is 72.1 Å². The van der Waals surface area contributed by atoms with Crippen molar-refractivity contribution in [2.45, 2.75) is 50.8 Å². The zero-order valence-electron chi connectivity index (χ0n) is 23.0. The first-order chi connectivity index (χ1) is 19.6. The van der Waals surface area contributed by atoms with E-state index in [0.717, 1.165) is 32.9 Å². The van der Waals surface area contributed by atoms with Gasteiger partial charge in [-0.3, -0.25) is 0 Å². The molecule has 2 N–H and O–H groups in total. The van der Waals surface area contributed by atoms with Crippen molar-refractivity contribution in [2.75, 3.05) is 24.2 Å². The smallest absolute Gasteiger partial charge is 0.246 e. The summed E-state index contributed by atoms with van der Waals surface area (Å²) >= 11 is 0. The lowest BCUT2D eigenvalue weighted by atomic mass is 10.0. The fraction of sp³-hybridized carbons (Fsp3) is 0.367. The van der Waals surface area contributed by atoms with Crippen LogP contribution in [0.15, 0.2) is 60.9 Å². The van der Waals surface area contributed by atoms with Gasteiger partial charge in [0.15, 0.2) is 9.84 Å². The maximum atomic E-state index is 13.4. The first-order valence-corrected chi connectivity index (χ1v) is 15.4. The van der Waals surface area contributed by atoms with E-state index in [-0.39, 0.29) is 11.8 Å². The number of rotatable bonds is 10. The molecular formula is C30H33F2N5O3S. The van der Waals surface area contributed by atoms with Crippen LogP contribution < -0.4 is 15.4 Å². The number of benzene rings is 2. The van der Waals surface area contributed by atoms with Gasteiger partial charge in [-0.05, 0) is 67.9 Å². The van der Waals surface area contributed by atoms with Gasteiger partial charge in [-0.25, -0.2) is 32.2 Å². The Bertz CT molecular complexity index is 1640. The van der Waals surface area contributed by atoms with Gasteiger partial charge in [0.25, 0.3) is 0 Å². The minimum atomic E-state index is -3.76. The van der Waals surface area contributed by atoms with Crippen molar-refractivity contribution in [3.8, 4) is 22.9 Å². The van der Waals surface area contributed by atoms with Crippen LogP contribution in [0.3, 0.4) is 0 Å². The summed E-state index contributed by atoms with van der Waals surface area (Å²) in [5.74, 6) is -2.58. The molecule has 1 fully saturated rings. The van der Waals surface area contributed by atoms with Gasteiger partial charge >= 0.3 is 0 Å². The third-order valence-electron chi connectivity index (χ3n) is 7.03. The third-order valence-corrected chi connectivity index (χ3v) is 8.60. The summed E-state index contributed by atoms with van der Waals surface area (Å²) in [5.41, 5.74) is 2.55. The van der Waals surface area contributed by atoms with Gasteiger partial charge in [0.1, 0.15) is 5.75 Å². The lowest BCUT2D eigenvalue weighted by Crippen LogP contribution is -2.38. The SMILES string of the molecule is Cc1cc(CS(=O)(=O)CCC(C)(F)F)c2ccccc2c1Oc1ncccc1-c1ccnc(N[C@H]2CCCNC2)n1. The number of halogens is 2. The summed E-state index contributed by atoms with van der Waals surface area (Å²) in [7, 11) is -3.76. The average Bonchev–Trinajstić information content (AvgIpc) is 2.95. The molecule has 5 rings (SSSR count). The fourth-order valence-corrected chi connectivity index (χ4v) is 6.50. The fourth-order valence-electron chi connectivity index (χ4n) is 4.98. The Morgan fingerprint density at radius 2 is 1.90 bits per heavy atom. The summed E-state index contributed by atoms with van der Waals surface area (Å²) in [5, 5.41) is 8.15. The number of fused-ring (bicyclic) bond motifs is 1. The van der Waals surface area contributed by atoms with E-state index in [0.29, 0.717) is 50.7 Å². The Kier molecular flexibility index (Phi) is 8.46. The summed E-state index contributed by atoms with van der Waals surface area (Å²) in [6.45, 7) is 4.42. The number of nitrogens with one attached hydrogen (secondary N) is 2. The highest BCUT2D eigenvalue weighted by Gasteiger charge is 2.26. The molecule has 216 valence electrons. The van der Waals surface area contributed by atoms with E-state index in [4.69, 9.17) is 9.72 Å². The molecule has 2 aromatic heterocycles. The number of aromatic nitrogens is 3. The van der Waals surface area contributed by atoms with Crippen LogP contribution in [-0.4, -0.2) is 54.2 Å². The van der Waals surface area contributed by atoms with Crippen molar-refractivity contribution in [1.82, 2.24) is 20.3 Å². The number of pyridine rings is 1. The van der Waals surface area contributed by atoms with Crippen molar-refractivity contribution in [3.63, 3.8) is 0 Å². The van der Waals surface area contributed by atoms with E-state index >= 15 is 0 Å². The summed E-state index contributed by atoms with van der Waals surface area (Å²) in [6.07, 6.45) is 4.74. The molecule has 41 heavy (non-hydrogen) atoms. The maximum absolute atomic E-state index is 13.4. The zero-order valence-corrected chi connectivity index (χ0v) is 23.8. The minimum Gasteiger partial charge on any atom is -0.437 e. The monoisotopic (exact) mass is 581 g/mol. The molecule has 0 spiro atoms. The van der Waals surface area contributed by atoms with Crippen molar-refractivity contribution >= 4 is 26.6 Å². The molecule has 0 aliphatic carbocycles. The Morgan fingerprint density at radius 1 is 1.10 bits per heavy atom. The summed E-state index contributed by atoms with van der Waals surface area (Å²) < 4.78 is 58.6. The number of aryl methyl sites for hydroxylation is 1. The second-order valence-electron chi connectivity index (χ2n) is 10.6. The van der Waals surface area contributed by atoms with Crippen LogP contribution in [0.1, 0.15) is 37.3 Å². The third kappa shape index (κ3) is 7.34. The highest BCUT2D eigenvalue weighted by Crippen LogP contribution is 2.38. The van der Waals surface area contributed by atoms with E-state index < -0.39 is 27.9 Å². The molecule has 0 unspecified atom stereocenters. The largest absolute Gasteiger partial charge is 0.437 e. The first kappa shape index (κ1) is 28.8. The minimum absolute atomic E-state index is 0.249. The quantitative estimate of drug-likeness (QED) is 0.238. The molecule has 0 bridgehead atoms. The van der Waals surface area contributed by atoms with Crippen LogP contribution in [0.4, 0.5) is 14.7 Å². The van der Waals surface area contributed by atoms with E-state index in [1.165, 1.54) is 0 Å². The van der Waals surface area contributed by atoms with E-state index in [2.05, 4.69) is 20.6 Å². The van der Waals surface area contributed by atoms with E-state index in [9.17, 15) is 17.2 Å². The molecule has 0 saturated carbocycles. The van der Waals surface area contributed by atoms with Crippen molar-refractivity contribution in [1.29, 1.82) is 0 Å². The van der Waals surface area contributed by atoms with Crippen molar-refractivity contribution in [2.24, 2.45) is 0 Å². The number of hydrogen-bond acceptors (Lipinski definition) is 8.